The van der Waals surface area contributed by atoms with Crippen molar-refractivity contribution in [1.29, 1.82) is 0 Å². The molecular weight excluding hydrogens is 207 g/mol. The molecule has 0 radical (unpaired) electrons. The van der Waals surface area contributed by atoms with Crippen LogP contribution in [0.25, 0.3) is 0 Å². The fourth-order valence-corrected chi connectivity index (χ4v) is 2.37. The standard InChI is InChI=1S/C10H16F3NO/c11-10(12,13)4-6-14-5-1-8(15)9(7-14)2-3-9/h8,15H,1-7H2. The van der Waals surface area contributed by atoms with E-state index in [-0.39, 0.29) is 18.1 Å². The molecule has 5 heteroatoms. The normalized spacial score (nSPS) is 30.8. The van der Waals surface area contributed by atoms with Crippen molar-refractivity contribution in [1.82, 2.24) is 4.90 Å². The summed E-state index contributed by atoms with van der Waals surface area (Å²) in [4.78, 5) is 1.84. The van der Waals surface area contributed by atoms with Gasteiger partial charge in [0.1, 0.15) is 0 Å². The summed E-state index contributed by atoms with van der Waals surface area (Å²) in [6.45, 7) is 1.32. The van der Waals surface area contributed by atoms with Crippen LogP contribution in [-0.2, 0) is 0 Å². The molecule has 0 amide bonds. The summed E-state index contributed by atoms with van der Waals surface area (Å²) < 4.78 is 36.1. The van der Waals surface area contributed by atoms with Crippen LogP contribution in [0.2, 0.25) is 0 Å². The lowest BCUT2D eigenvalue weighted by Crippen LogP contribution is -2.45. The largest absolute Gasteiger partial charge is 0.392 e. The molecule has 1 saturated heterocycles. The maximum absolute atomic E-state index is 12.0. The highest BCUT2D eigenvalue weighted by atomic mass is 19.4. The summed E-state index contributed by atoms with van der Waals surface area (Å²) >= 11 is 0. The predicted molar refractivity (Wildman–Crippen MR) is 49.4 cm³/mol. The number of aliphatic hydroxyl groups excluding tert-OH is 1. The van der Waals surface area contributed by atoms with E-state index in [1.54, 1.807) is 0 Å². The number of rotatable bonds is 2. The van der Waals surface area contributed by atoms with Gasteiger partial charge in [0.2, 0.25) is 0 Å². The van der Waals surface area contributed by atoms with Crippen LogP contribution in [0.1, 0.15) is 25.7 Å². The summed E-state index contributed by atoms with van der Waals surface area (Å²) in [5.74, 6) is 0. The van der Waals surface area contributed by atoms with Crippen LogP contribution in [0.3, 0.4) is 0 Å². The van der Waals surface area contributed by atoms with Crippen molar-refractivity contribution in [2.24, 2.45) is 5.41 Å². The Morgan fingerprint density at radius 2 is 2.00 bits per heavy atom. The van der Waals surface area contributed by atoms with Gasteiger partial charge in [-0.1, -0.05) is 0 Å². The zero-order chi connectivity index (χ0) is 11.1. The second-order valence-corrected chi connectivity index (χ2v) is 4.81. The van der Waals surface area contributed by atoms with Gasteiger partial charge in [0.25, 0.3) is 0 Å². The Kier molecular flexibility index (Phi) is 2.71. The summed E-state index contributed by atoms with van der Waals surface area (Å²) in [5, 5.41) is 9.70. The van der Waals surface area contributed by atoms with Crippen LogP contribution >= 0.6 is 0 Å². The number of halogens is 3. The number of aliphatic hydroxyl groups is 1. The minimum absolute atomic E-state index is 0.0517. The molecule has 0 aromatic heterocycles. The summed E-state index contributed by atoms with van der Waals surface area (Å²) in [7, 11) is 0. The molecule has 0 bridgehead atoms. The molecule has 1 aliphatic carbocycles. The molecule has 2 fully saturated rings. The molecule has 0 aromatic rings. The number of likely N-dealkylation sites (tertiary alicyclic amines) is 1. The minimum atomic E-state index is -4.06. The van der Waals surface area contributed by atoms with Crippen molar-refractivity contribution in [2.45, 2.75) is 38.0 Å². The van der Waals surface area contributed by atoms with Crippen LogP contribution in [0, 0.1) is 5.41 Å². The Morgan fingerprint density at radius 3 is 2.53 bits per heavy atom. The predicted octanol–water partition coefficient (Wildman–Crippen LogP) is 1.79. The van der Waals surface area contributed by atoms with E-state index in [1.807, 2.05) is 4.90 Å². The van der Waals surface area contributed by atoms with Gasteiger partial charge in [-0.2, -0.15) is 13.2 Å². The van der Waals surface area contributed by atoms with Gasteiger partial charge in [0, 0.05) is 25.0 Å². The van der Waals surface area contributed by atoms with Crippen molar-refractivity contribution < 1.29 is 18.3 Å². The third kappa shape index (κ3) is 2.64. The number of alkyl halides is 3. The molecule has 2 nitrogen and oxygen atoms in total. The van der Waals surface area contributed by atoms with Crippen molar-refractivity contribution in [3.63, 3.8) is 0 Å². The second kappa shape index (κ2) is 3.63. The fraction of sp³-hybridized carbons (Fsp3) is 1.00. The molecule has 1 aliphatic heterocycles. The molecule has 2 aliphatic rings. The Balaban J connectivity index is 1.80. The Hall–Kier alpha value is -0.290. The maximum atomic E-state index is 12.0. The van der Waals surface area contributed by atoms with E-state index in [2.05, 4.69) is 0 Å². The molecule has 2 rings (SSSR count). The number of nitrogens with zero attached hydrogens (tertiary/aromatic N) is 1. The maximum Gasteiger partial charge on any atom is 0.390 e. The molecule has 1 spiro atoms. The quantitative estimate of drug-likeness (QED) is 0.771. The molecular formula is C10H16F3NO. The molecule has 1 heterocycles. The molecule has 1 saturated carbocycles. The highest BCUT2D eigenvalue weighted by molar-refractivity contribution is 5.03. The van der Waals surface area contributed by atoms with Gasteiger partial charge < -0.3 is 10.0 Å². The van der Waals surface area contributed by atoms with Crippen molar-refractivity contribution >= 4 is 0 Å². The topological polar surface area (TPSA) is 23.5 Å². The zero-order valence-corrected chi connectivity index (χ0v) is 8.56. The first-order chi connectivity index (χ1) is 6.91. The highest BCUT2D eigenvalue weighted by Gasteiger charge is 2.51. The first-order valence-electron chi connectivity index (χ1n) is 5.38. The van der Waals surface area contributed by atoms with Gasteiger partial charge in [0.05, 0.1) is 12.5 Å². The van der Waals surface area contributed by atoms with Crippen molar-refractivity contribution in [3.8, 4) is 0 Å². The van der Waals surface area contributed by atoms with Gasteiger partial charge in [-0.25, -0.2) is 0 Å². The molecule has 1 unspecified atom stereocenters. The second-order valence-electron chi connectivity index (χ2n) is 4.81. The molecule has 88 valence electrons. The Bertz CT molecular complexity index is 237. The average molecular weight is 223 g/mol. The smallest absolute Gasteiger partial charge is 0.390 e. The van der Waals surface area contributed by atoms with E-state index in [1.165, 1.54) is 0 Å². The molecule has 0 aromatic carbocycles. The first-order valence-corrected chi connectivity index (χ1v) is 5.38. The van der Waals surface area contributed by atoms with E-state index >= 15 is 0 Å². The summed E-state index contributed by atoms with van der Waals surface area (Å²) in [6, 6.07) is 0. The zero-order valence-electron chi connectivity index (χ0n) is 8.56. The van der Waals surface area contributed by atoms with Crippen LogP contribution < -0.4 is 0 Å². The van der Waals surface area contributed by atoms with Gasteiger partial charge in [0.15, 0.2) is 0 Å². The first kappa shape index (κ1) is 11.2. The van der Waals surface area contributed by atoms with E-state index in [0.29, 0.717) is 19.5 Å². The number of hydrogen-bond acceptors (Lipinski definition) is 2. The fourth-order valence-electron chi connectivity index (χ4n) is 2.37. The lowest BCUT2D eigenvalue weighted by Gasteiger charge is -2.36. The van der Waals surface area contributed by atoms with Crippen LogP contribution in [0.5, 0.6) is 0 Å². The minimum Gasteiger partial charge on any atom is -0.392 e. The monoisotopic (exact) mass is 223 g/mol. The Morgan fingerprint density at radius 1 is 1.33 bits per heavy atom. The summed E-state index contributed by atoms with van der Waals surface area (Å²) in [6.07, 6.45) is -2.53. The van der Waals surface area contributed by atoms with Gasteiger partial charge in [-0.05, 0) is 19.3 Å². The molecule has 15 heavy (non-hydrogen) atoms. The van der Waals surface area contributed by atoms with Crippen LogP contribution in [0.15, 0.2) is 0 Å². The highest BCUT2D eigenvalue weighted by Crippen LogP contribution is 2.52. The lowest BCUT2D eigenvalue weighted by atomic mass is 9.91. The number of hydrogen-bond donors (Lipinski definition) is 1. The SMILES string of the molecule is OC1CCN(CCC(F)(F)F)CC12CC2. The van der Waals surface area contributed by atoms with Crippen molar-refractivity contribution in [3.05, 3.63) is 0 Å². The lowest BCUT2D eigenvalue weighted by molar-refractivity contribution is -0.140. The van der Waals surface area contributed by atoms with E-state index in [9.17, 15) is 18.3 Å². The Labute approximate surface area is 87.1 Å². The van der Waals surface area contributed by atoms with Gasteiger partial charge in [-0.15, -0.1) is 0 Å². The summed E-state index contributed by atoms with van der Waals surface area (Å²) in [5.41, 5.74) is -0.0517. The van der Waals surface area contributed by atoms with E-state index < -0.39 is 12.6 Å². The van der Waals surface area contributed by atoms with Crippen LogP contribution in [0.4, 0.5) is 13.2 Å². The third-order valence-electron chi connectivity index (χ3n) is 3.57. The van der Waals surface area contributed by atoms with Gasteiger partial charge >= 0.3 is 6.18 Å². The van der Waals surface area contributed by atoms with Crippen molar-refractivity contribution in [2.75, 3.05) is 19.6 Å². The van der Waals surface area contributed by atoms with Crippen LogP contribution in [-0.4, -0.2) is 41.9 Å². The average Bonchev–Trinajstić information content (AvgIpc) is 2.88. The number of piperidine rings is 1. The van der Waals surface area contributed by atoms with Gasteiger partial charge in [-0.3, -0.25) is 0 Å². The third-order valence-corrected chi connectivity index (χ3v) is 3.57. The van der Waals surface area contributed by atoms with E-state index in [4.69, 9.17) is 0 Å². The van der Waals surface area contributed by atoms with E-state index in [0.717, 1.165) is 12.8 Å². The molecule has 1 atom stereocenters. The molecule has 1 N–H and O–H groups in total.